The summed E-state index contributed by atoms with van der Waals surface area (Å²) >= 11 is 3.33. The molecule has 0 saturated heterocycles. The number of allylic oxidation sites excluding steroid dienone is 1. The fourth-order valence-electron chi connectivity index (χ4n) is 1.50. The molecule has 0 amide bonds. The van der Waals surface area contributed by atoms with Crippen molar-refractivity contribution in [3.05, 3.63) is 76.0 Å². The number of carbonyl (C=O) groups is 1. The lowest BCUT2D eigenvalue weighted by molar-refractivity contribution is 0.104. The third-order valence-electron chi connectivity index (χ3n) is 2.44. The van der Waals surface area contributed by atoms with Gasteiger partial charge in [0.15, 0.2) is 5.78 Å². The molecule has 0 saturated carbocycles. The summed E-state index contributed by atoms with van der Waals surface area (Å²) < 4.78 is 13.5. The Bertz CT molecular complexity index is 588. The minimum Gasteiger partial charge on any atom is -0.289 e. The molecule has 0 heterocycles. The van der Waals surface area contributed by atoms with E-state index in [9.17, 15) is 9.18 Å². The summed E-state index contributed by atoms with van der Waals surface area (Å²) in [6.45, 7) is 0. The number of halogens is 2. The first-order chi connectivity index (χ1) is 8.66. The van der Waals surface area contributed by atoms with Crippen LogP contribution in [-0.4, -0.2) is 5.78 Å². The Labute approximate surface area is 113 Å². The van der Waals surface area contributed by atoms with Crippen LogP contribution >= 0.6 is 15.9 Å². The van der Waals surface area contributed by atoms with Crippen LogP contribution in [0.5, 0.6) is 0 Å². The average Bonchev–Trinajstić information content (AvgIpc) is 2.38. The molecule has 2 rings (SSSR count). The van der Waals surface area contributed by atoms with Crippen molar-refractivity contribution in [1.82, 2.24) is 0 Å². The lowest BCUT2D eigenvalue weighted by Gasteiger charge is -1.98. The van der Waals surface area contributed by atoms with Crippen molar-refractivity contribution in [2.75, 3.05) is 0 Å². The third-order valence-corrected chi connectivity index (χ3v) is 3.13. The topological polar surface area (TPSA) is 17.1 Å². The third kappa shape index (κ3) is 3.14. The van der Waals surface area contributed by atoms with Crippen molar-refractivity contribution in [1.29, 1.82) is 0 Å². The zero-order valence-corrected chi connectivity index (χ0v) is 11.0. The van der Waals surface area contributed by atoms with E-state index >= 15 is 0 Å². The maximum atomic E-state index is 12.7. The minimum absolute atomic E-state index is 0.0909. The normalized spacial score (nSPS) is 10.8. The predicted octanol–water partition coefficient (Wildman–Crippen LogP) is 4.48. The Balaban J connectivity index is 2.17. The van der Waals surface area contributed by atoms with Gasteiger partial charge in [-0.25, -0.2) is 4.39 Å². The highest BCUT2D eigenvalue weighted by molar-refractivity contribution is 9.10. The van der Waals surface area contributed by atoms with Gasteiger partial charge in [0.2, 0.25) is 0 Å². The number of hydrogen-bond donors (Lipinski definition) is 0. The van der Waals surface area contributed by atoms with Crippen LogP contribution in [0.25, 0.3) is 6.08 Å². The number of benzene rings is 2. The molecule has 2 aromatic carbocycles. The second-order valence-electron chi connectivity index (χ2n) is 3.73. The van der Waals surface area contributed by atoms with Gasteiger partial charge in [0.1, 0.15) is 5.82 Å². The lowest BCUT2D eigenvalue weighted by Crippen LogP contribution is -1.94. The molecule has 0 aromatic heterocycles. The van der Waals surface area contributed by atoms with Gasteiger partial charge in [0, 0.05) is 10.0 Å². The maximum absolute atomic E-state index is 12.7. The van der Waals surface area contributed by atoms with Gasteiger partial charge in [-0.05, 0) is 35.9 Å². The molecule has 0 spiro atoms. The molecule has 3 heteroatoms. The molecule has 18 heavy (non-hydrogen) atoms. The van der Waals surface area contributed by atoms with E-state index in [0.29, 0.717) is 5.56 Å². The minimum atomic E-state index is -0.288. The van der Waals surface area contributed by atoms with E-state index in [2.05, 4.69) is 15.9 Å². The SMILES string of the molecule is O=C(C=Cc1ccc(F)cc1)c1ccccc1Br. The highest BCUT2D eigenvalue weighted by atomic mass is 79.9. The molecule has 0 fully saturated rings. The van der Waals surface area contributed by atoms with Crippen LogP contribution in [-0.2, 0) is 0 Å². The standard InChI is InChI=1S/C15H10BrFO/c16-14-4-2-1-3-13(14)15(18)10-7-11-5-8-12(17)9-6-11/h1-10H. The molecule has 0 N–H and O–H groups in total. The molecule has 0 aliphatic rings. The first kappa shape index (κ1) is 12.7. The van der Waals surface area contributed by atoms with Crippen molar-refractivity contribution in [3.63, 3.8) is 0 Å². The van der Waals surface area contributed by atoms with Gasteiger partial charge in [-0.1, -0.05) is 46.3 Å². The highest BCUT2D eigenvalue weighted by Gasteiger charge is 2.05. The van der Waals surface area contributed by atoms with Crippen LogP contribution in [0.1, 0.15) is 15.9 Å². The van der Waals surface area contributed by atoms with Crippen molar-refractivity contribution in [2.45, 2.75) is 0 Å². The number of ketones is 1. The van der Waals surface area contributed by atoms with Crippen molar-refractivity contribution in [2.24, 2.45) is 0 Å². The van der Waals surface area contributed by atoms with E-state index in [0.717, 1.165) is 10.0 Å². The number of hydrogen-bond acceptors (Lipinski definition) is 1. The molecule has 90 valence electrons. The molecular weight excluding hydrogens is 295 g/mol. The van der Waals surface area contributed by atoms with E-state index in [-0.39, 0.29) is 11.6 Å². The molecule has 0 atom stereocenters. The lowest BCUT2D eigenvalue weighted by atomic mass is 10.1. The van der Waals surface area contributed by atoms with Gasteiger partial charge in [-0.15, -0.1) is 0 Å². The summed E-state index contributed by atoms with van der Waals surface area (Å²) in [7, 11) is 0. The molecule has 0 bridgehead atoms. The molecular formula is C15H10BrFO. The van der Waals surface area contributed by atoms with Crippen LogP contribution < -0.4 is 0 Å². The van der Waals surface area contributed by atoms with Crippen LogP contribution in [0.4, 0.5) is 4.39 Å². The molecule has 0 aliphatic heterocycles. The van der Waals surface area contributed by atoms with E-state index in [1.807, 2.05) is 18.2 Å². The van der Waals surface area contributed by atoms with E-state index < -0.39 is 0 Å². The smallest absolute Gasteiger partial charge is 0.186 e. The van der Waals surface area contributed by atoms with Crippen molar-refractivity contribution in [3.8, 4) is 0 Å². The summed E-state index contributed by atoms with van der Waals surface area (Å²) in [6, 6.07) is 13.2. The summed E-state index contributed by atoms with van der Waals surface area (Å²) in [5.74, 6) is -0.379. The second-order valence-corrected chi connectivity index (χ2v) is 4.58. The van der Waals surface area contributed by atoms with Crippen LogP contribution in [0.15, 0.2) is 59.1 Å². The van der Waals surface area contributed by atoms with Crippen LogP contribution in [0, 0.1) is 5.82 Å². The molecule has 0 unspecified atom stereocenters. The summed E-state index contributed by atoms with van der Waals surface area (Å²) in [4.78, 5) is 11.9. The molecule has 1 nitrogen and oxygen atoms in total. The fraction of sp³-hybridized carbons (Fsp3) is 0. The van der Waals surface area contributed by atoms with Gasteiger partial charge in [-0.2, -0.15) is 0 Å². The molecule has 0 aliphatic carbocycles. The monoisotopic (exact) mass is 304 g/mol. The van der Waals surface area contributed by atoms with Gasteiger partial charge in [0.25, 0.3) is 0 Å². The van der Waals surface area contributed by atoms with Gasteiger partial charge in [-0.3, -0.25) is 4.79 Å². The Morgan fingerprint density at radius 1 is 1.06 bits per heavy atom. The van der Waals surface area contributed by atoms with Crippen LogP contribution in [0.2, 0.25) is 0 Å². The Kier molecular flexibility index (Phi) is 4.05. The zero-order valence-electron chi connectivity index (χ0n) is 9.44. The summed E-state index contributed by atoms with van der Waals surface area (Å²) in [6.07, 6.45) is 3.15. The predicted molar refractivity (Wildman–Crippen MR) is 73.9 cm³/mol. The van der Waals surface area contributed by atoms with E-state index in [1.165, 1.54) is 18.2 Å². The highest BCUT2D eigenvalue weighted by Crippen LogP contribution is 2.17. The fourth-order valence-corrected chi connectivity index (χ4v) is 1.98. The summed E-state index contributed by atoms with van der Waals surface area (Å²) in [5, 5.41) is 0. The van der Waals surface area contributed by atoms with E-state index in [4.69, 9.17) is 0 Å². The first-order valence-electron chi connectivity index (χ1n) is 5.39. The number of rotatable bonds is 3. The van der Waals surface area contributed by atoms with Crippen molar-refractivity contribution < 1.29 is 9.18 Å². The van der Waals surface area contributed by atoms with Gasteiger partial charge >= 0.3 is 0 Å². The molecule has 2 aromatic rings. The summed E-state index contributed by atoms with van der Waals surface area (Å²) in [5.41, 5.74) is 1.40. The van der Waals surface area contributed by atoms with Crippen LogP contribution in [0.3, 0.4) is 0 Å². The Morgan fingerprint density at radius 3 is 2.39 bits per heavy atom. The Hall–Kier alpha value is -1.74. The second kappa shape index (κ2) is 5.74. The largest absolute Gasteiger partial charge is 0.289 e. The van der Waals surface area contributed by atoms with Crippen molar-refractivity contribution >= 4 is 27.8 Å². The first-order valence-corrected chi connectivity index (χ1v) is 6.18. The number of carbonyl (C=O) groups excluding carboxylic acids is 1. The van der Waals surface area contributed by atoms with Gasteiger partial charge in [0.05, 0.1) is 0 Å². The maximum Gasteiger partial charge on any atom is 0.186 e. The molecule has 0 radical (unpaired) electrons. The van der Waals surface area contributed by atoms with Gasteiger partial charge < -0.3 is 0 Å². The quantitative estimate of drug-likeness (QED) is 0.603. The zero-order chi connectivity index (χ0) is 13.0. The van der Waals surface area contributed by atoms with E-state index in [1.54, 1.807) is 24.3 Å². The average molecular weight is 305 g/mol. The Morgan fingerprint density at radius 2 is 1.72 bits per heavy atom.